The molecule has 0 aliphatic heterocycles. The minimum absolute atomic E-state index is 0.222. The van der Waals surface area contributed by atoms with Crippen LogP contribution >= 0.6 is 0 Å². The third kappa shape index (κ3) is 7.37. The Labute approximate surface area is 357 Å². The summed E-state index contributed by atoms with van der Waals surface area (Å²) in [5.74, 6) is 2.98. The van der Waals surface area contributed by atoms with E-state index in [0.29, 0.717) is 30.2 Å². The lowest BCUT2D eigenvalue weighted by Gasteiger charge is -2.30. The van der Waals surface area contributed by atoms with Crippen molar-refractivity contribution in [2.45, 2.75) is 54.1 Å². The van der Waals surface area contributed by atoms with Gasteiger partial charge >= 0.3 is 0 Å². The average Bonchev–Trinajstić information content (AvgIpc) is 3.99. The van der Waals surface area contributed by atoms with Crippen molar-refractivity contribution in [2.24, 2.45) is 17.3 Å². The lowest BCUT2D eigenvalue weighted by atomic mass is 9.75. The molecule has 6 heteroatoms. The van der Waals surface area contributed by atoms with Crippen molar-refractivity contribution in [3.8, 4) is 40.0 Å². The van der Waals surface area contributed by atoms with Gasteiger partial charge in [-0.2, -0.15) is 0 Å². The Hall–Kier alpha value is -6.92. The summed E-state index contributed by atoms with van der Waals surface area (Å²) >= 11 is 0. The van der Waals surface area contributed by atoms with Crippen LogP contribution < -0.4 is 4.74 Å². The highest BCUT2D eigenvalue weighted by Crippen LogP contribution is 2.38. The second kappa shape index (κ2) is 15.6. The summed E-state index contributed by atoms with van der Waals surface area (Å²) < 4.78 is 17.6. The molecule has 0 aliphatic carbocycles. The molecule has 0 radical (unpaired) electrons. The van der Waals surface area contributed by atoms with Crippen molar-refractivity contribution in [3.05, 3.63) is 175 Å². The van der Waals surface area contributed by atoms with Gasteiger partial charge in [0, 0.05) is 44.0 Å². The molecule has 0 amide bonds. The van der Waals surface area contributed by atoms with Gasteiger partial charge in [-0.3, -0.25) is 0 Å². The van der Waals surface area contributed by atoms with Crippen molar-refractivity contribution in [1.29, 1.82) is 0 Å². The highest BCUT2D eigenvalue weighted by Gasteiger charge is 2.24. The molecule has 3 aromatic heterocycles. The molecule has 0 aliphatic rings. The lowest BCUT2D eigenvalue weighted by molar-refractivity contribution is 0.236. The largest absolute Gasteiger partial charge is 0.489 e. The van der Waals surface area contributed by atoms with E-state index in [9.17, 15) is 0 Å². The van der Waals surface area contributed by atoms with Gasteiger partial charge in [0.25, 0.3) is 0 Å². The summed E-state index contributed by atoms with van der Waals surface area (Å²) in [4.78, 5) is 0. The average molecular weight is 799 g/mol. The number of para-hydroxylation sites is 4. The first-order chi connectivity index (χ1) is 29.7. The van der Waals surface area contributed by atoms with Crippen molar-refractivity contribution in [1.82, 2.24) is 19.3 Å². The fourth-order valence-electron chi connectivity index (χ4n) is 9.28. The summed E-state index contributed by atoms with van der Waals surface area (Å²) in [7, 11) is 0. The zero-order chi connectivity index (χ0) is 41.7. The minimum Gasteiger partial charge on any atom is -0.489 e. The van der Waals surface area contributed by atoms with Gasteiger partial charge in [-0.15, -0.1) is 10.2 Å². The van der Waals surface area contributed by atoms with Gasteiger partial charge in [0.15, 0.2) is 0 Å². The number of rotatable bonds is 12. The molecular weight excluding hydrogens is 749 g/mol. The van der Waals surface area contributed by atoms with Gasteiger partial charge in [-0.25, -0.2) is 0 Å². The van der Waals surface area contributed by atoms with E-state index in [2.05, 4.69) is 193 Å². The quantitative estimate of drug-likeness (QED) is 0.124. The molecule has 0 bridgehead atoms. The summed E-state index contributed by atoms with van der Waals surface area (Å²) in [5, 5.41) is 14.1. The van der Waals surface area contributed by atoms with E-state index in [1.807, 2.05) is 24.3 Å². The Kier molecular flexibility index (Phi) is 9.79. The summed E-state index contributed by atoms with van der Waals surface area (Å²) in [6, 6.07) is 57.7. The van der Waals surface area contributed by atoms with Gasteiger partial charge < -0.3 is 18.3 Å². The van der Waals surface area contributed by atoms with Gasteiger partial charge in [-0.05, 0) is 102 Å². The van der Waals surface area contributed by atoms with E-state index >= 15 is 0 Å². The number of hydrogen-bond donors (Lipinski definition) is 0. The van der Waals surface area contributed by atoms with Gasteiger partial charge in [0.1, 0.15) is 12.4 Å². The molecule has 0 saturated heterocycles. The van der Waals surface area contributed by atoms with Crippen LogP contribution in [0.25, 0.3) is 77.9 Å². The van der Waals surface area contributed by atoms with Crippen molar-refractivity contribution < 1.29 is 9.15 Å². The van der Waals surface area contributed by atoms with Crippen LogP contribution in [0.2, 0.25) is 0 Å². The predicted molar refractivity (Wildman–Crippen MR) is 251 cm³/mol. The minimum atomic E-state index is 0.222. The Morgan fingerprint density at radius 3 is 1.56 bits per heavy atom. The number of fused-ring (bicyclic) bond motifs is 6. The number of hydrogen-bond acceptors (Lipinski definition) is 4. The second-order valence-electron chi connectivity index (χ2n) is 17.8. The molecule has 302 valence electrons. The van der Waals surface area contributed by atoms with E-state index < -0.39 is 0 Å². The van der Waals surface area contributed by atoms with Crippen LogP contribution in [0.3, 0.4) is 0 Å². The smallest absolute Gasteiger partial charge is 0.248 e. The van der Waals surface area contributed by atoms with Crippen LogP contribution in [0.4, 0.5) is 0 Å². The van der Waals surface area contributed by atoms with Crippen LogP contribution in [-0.4, -0.2) is 19.3 Å². The monoisotopic (exact) mass is 798 g/mol. The molecule has 6 nitrogen and oxygen atoms in total. The van der Waals surface area contributed by atoms with Gasteiger partial charge in [0.05, 0.1) is 22.1 Å². The molecule has 1 unspecified atom stereocenters. The fraction of sp³-hybridized carbons (Fsp3) is 0.200. The second-order valence-corrected chi connectivity index (χ2v) is 17.8. The van der Waals surface area contributed by atoms with E-state index in [1.165, 1.54) is 33.5 Å². The maximum absolute atomic E-state index is 6.58. The van der Waals surface area contributed by atoms with Crippen LogP contribution in [0.1, 0.15) is 52.2 Å². The van der Waals surface area contributed by atoms with Gasteiger partial charge in [0.2, 0.25) is 11.8 Å². The summed E-state index contributed by atoms with van der Waals surface area (Å²) in [6.07, 6.45) is 2.24. The van der Waals surface area contributed by atoms with Crippen LogP contribution in [0.5, 0.6) is 5.75 Å². The molecular formula is C55H50N4O2. The Morgan fingerprint density at radius 2 is 1.02 bits per heavy atom. The third-order valence-corrected chi connectivity index (χ3v) is 12.4. The normalized spacial score (nSPS) is 12.6. The van der Waals surface area contributed by atoms with E-state index in [0.717, 1.165) is 62.3 Å². The standard InChI is InChI=1S/C55H50N4O2/c1-36(2)37(3)33-55(4,5)34-38-16-14-17-39(28-38)35-60-44-19-15-18-40(31-44)53-56-57-54(61-53)41-29-42(58-49-24-10-6-20-45(49)46-21-7-11-25-50(46)58)32-43(30-41)59-51-26-12-8-22-47(51)48-23-9-13-27-52(48)59/h6-32,36-37H,33-35H2,1-5H3. The summed E-state index contributed by atoms with van der Waals surface area (Å²) in [6.45, 7) is 12.3. The first kappa shape index (κ1) is 38.3. The van der Waals surface area contributed by atoms with E-state index in [-0.39, 0.29) is 5.41 Å². The summed E-state index contributed by atoms with van der Waals surface area (Å²) in [5.41, 5.74) is 10.9. The molecule has 0 N–H and O–H groups in total. The zero-order valence-electron chi connectivity index (χ0n) is 35.5. The van der Waals surface area contributed by atoms with Crippen molar-refractivity contribution >= 4 is 43.6 Å². The van der Waals surface area contributed by atoms with E-state index in [1.54, 1.807) is 0 Å². The predicted octanol–water partition coefficient (Wildman–Crippen LogP) is 14.4. The lowest BCUT2D eigenvalue weighted by Crippen LogP contribution is -2.21. The Bertz CT molecular complexity index is 2960. The molecule has 1 atom stereocenters. The van der Waals surface area contributed by atoms with Crippen LogP contribution in [0, 0.1) is 17.3 Å². The third-order valence-electron chi connectivity index (χ3n) is 12.4. The molecule has 0 saturated carbocycles. The maximum Gasteiger partial charge on any atom is 0.248 e. The molecule has 7 aromatic carbocycles. The highest BCUT2D eigenvalue weighted by molar-refractivity contribution is 6.10. The van der Waals surface area contributed by atoms with Crippen LogP contribution in [0.15, 0.2) is 168 Å². The molecule has 3 heterocycles. The molecule has 0 spiro atoms. The Balaban J connectivity index is 1.00. The first-order valence-corrected chi connectivity index (χ1v) is 21.5. The molecule has 10 rings (SSSR count). The van der Waals surface area contributed by atoms with Gasteiger partial charge in [-0.1, -0.05) is 138 Å². The molecule has 61 heavy (non-hydrogen) atoms. The number of aromatic nitrogens is 4. The zero-order valence-corrected chi connectivity index (χ0v) is 35.5. The molecule has 0 fully saturated rings. The fourth-order valence-corrected chi connectivity index (χ4v) is 9.28. The highest BCUT2D eigenvalue weighted by atomic mass is 16.5. The number of nitrogens with zero attached hydrogens (tertiary/aromatic N) is 4. The van der Waals surface area contributed by atoms with E-state index in [4.69, 9.17) is 9.15 Å². The maximum atomic E-state index is 6.58. The Morgan fingerprint density at radius 1 is 0.525 bits per heavy atom. The first-order valence-electron chi connectivity index (χ1n) is 21.5. The van der Waals surface area contributed by atoms with Crippen molar-refractivity contribution in [3.63, 3.8) is 0 Å². The van der Waals surface area contributed by atoms with Crippen LogP contribution in [-0.2, 0) is 13.0 Å². The topological polar surface area (TPSA) is 58.0 Å². The van der Waals surface area contributed by atoms with Crippen molar-refractivity contribution in [2.75, 3.05) is 0 Å². The SMILES string of the molecule is CC(C)C(C)CC(C)(C)Cc1cccc(COc2cccc(-c3nnc(-c4cc(-n5c6ccccc6c6ccccc65)cc(-n5c6ccccc6c6ccccc65)c4)o3)c2)c1. The number of ether oxygens (including phenoxy) is 1. The molecule has 10 aromatic rings. The number of benzene rings is 7.